The van der Waals surface area contributed by atoms with E-state index in [0.717, 1.165) is 32.2 Å². The first kappa shape index (κ1) is 14.0. The average Bonchev–Trinajstić information content (AvgIpc) is 2.48. The first-order valence-electron chi connectivity index (χ1n) is 7.52. The van der Waals surface area contributed by atoms with Gasteiger partial charge in [0.2, 0.25) is 5.91 Å². The number of aromatic nitrogens is 1. The van der Waals surface area contributed by atoms with Crippen LogP contribution in [-0.4, -0.2) is 22.3 Å². The number of piperidine rings is 1. The number of rotatable bonds is 5. The van der Waals surface area contributed by atoms with Crippen molar-refractivity contribution in [1.29, 1.82) is 0 Å². The largest absolute Gasteiger partial charge is 0.336 e. The summed E-state index contributed by atoms with van der Waals surface area (Å²) < 4.78 is 0. The van der Waals surface area contributed by atoms with E-state index in [2.05, 4.69) is 22.9 Å². The number of nitrogens with zero attached hydrogens (tertiary/aromatic N) is 2. The number of amides is 1. The number of hydrogen-bond acceptors (Lipinski definition) is 2. The van der Waals surface area contributed by atoms with Gasteiger partial charge < -0.3 is 4.90 Å². The molecule has 0 N–H and O–H groups in total. The van der Waals surface area contributed by atoms with E-state index >= 15 is 0 Å². The molecule has 3 nitrogen and oxygen atoms in total. The molecule has 19 heavy (non-hydrogen) atoms. The van der Waals surface area contributed by atoms with Crippen LogP contribution in [0.4, 0.5) is 0 Å². The zero-order chi connectivity index (χ0) is 13.5. The average molecular weight is 260 g/mol. The Hall–Kier alpha value is -1.38. The number of hydrogen-bond donors (Lipinski definition) is 0. The van der Waals surface area contributed by atoms with Crippen molar-refractivity contribution in [1.82, 2.24) is 9.88 Å². The molecule has 1 aliphatic rings. The molecular formula is C16H24N2O. The highest BCUT2D eigenvalue weighted by Gasteiger charge is 2.27. The summed E-state index contributed by atoms with van der Waals surface area (Å²) in [6.45, 7) is 3.08. The number of carbonyl (C=O) groups excluding carboxylic acids is 1. The maximum Gasteiger partial charge on any atom is 0.223 e. The first-order chi connectivity index (χ1) is 9.33. The SMILES string of the molecule is CCCCCC(=O)N1CCCC[C@H]1c1cccnc1. The zero-order valence-corrected chi connectivity index (χ0v) is 11.8. The summed E-state index contributed by atoms with van der Waals surface area (Å²) in [7, 11) is 0. The molecule has 1 aromatic rings. The third-order valence-corrected chi connectivity index (χ3v) is 3.89. The van der Waals surface area contributed by atoms with Gasteiger partial charge in [-0.3, -0.25) is 9.78 Å². The number of likely N-dealkylation sites (tertiary alicyclic amines) is 1. The second-order valence-corrected chi connectivity index (χ2v) is 5.34. The maximum absolute atomic E-state index is 12.4. The van der Waals surface area contributed by atoms with Crippen molar-refractivity contribution in [3.8, 4) is 0 Å². The van der Waals surface area contributed by atoms with Gasteiger partial charge in [0.25, 0.3) is 0 Å². The number of pyridine rings is 1. The van der Waals surface area contributed by atoms with Gasteiger partial charge in [0.1, 0.15) is 0 Å². The van der Waals surface area contributed by atoms with E-state index in [9.17, 15) is 4.79 Å². The van der Waals surface area contributed by atoms with Gasteiger partial charge in [0.05, 0.1) is 6.04 Å². The summed E-state index contributed by atoms with van der Waals surface area (Å²) in [5.74, 6) is 0.321. The lowest BCUT2D eigenvalue weighted by Crippen LogP contribution is -2.38. The minimum Gasteiger partial charge on any atom is -0.336 e. The Balaban J connectivity index is 2.01. The molecular weight excluding hydrogens is 236 g/mol. The molecule has 1 saturated heterocycles. The summed E-state index contributed by atoms with van der Waals surface area (Å²) in [5, 5.41) is 0. The minimum absolute atomic E-state index is 0.247. The second kappa shape index (κ2) is 7.27. The van der Waals surface area contributed by atoms with Crippen molar-refractivity contribution >= 4 is 5.91 Å². The Morgan fingerprint density at radius 1 is 1.42 bits per heavy atom. The lowest BCUT2D eigenvalue weighted by molar-refractivity contribution is -0.135. The molecule has 2 heterocycles. The van der Waals surface area contributed by atoms with Crippen LogP contribution in [0, 0.1) is 0 Å². The molecule has 0 saturated carbocycles. The molecule has 0 bridgehead atoms. The van der Waals surface area contributed by atoms with E-state index in [1.54, 1.807) is 6.20 Å². The van der Waals surface area contributed by atoms with E-state index in [1.165, 1.54) is 18.4 Å². The lowest BCUT2D eigenvalue weighted by Gasteiger charge is -2.36. The molecule has 2 rings (SSSR count). The van der Waals surface area contributed by atoms with Crippen LogP contribution in [0.3, 0.4) is 0 Å². The quantitative estimate of drug-likeness (QED) is 0.756. The van der Waals surface area contributed by atoms with Crippen LogP contribution in [0.1, 0.15) is 63.5 Å². The van der Waals surface area contributed by atoms with Crippen molar-refractivity contribution < 1.29 is 4.79 Å². The van der Waals surface area contributed by atoms with Crippen molar-refractivity contribution in [2.75, 3.05) is 6.54 Å². The van der Waals surface area contributed by atoms with Crippen LogP contribution in [0.5, 0.6) is 0 Å². The second-order valence-electron chi connectivity index (χ2n) is 5.34. The summed E-state index contributed by atoms with van der Waals surface area (Å²) >= 11 is 0. The van der Waals surface area contributed by atoms with Gasteiger partial charge in [-0.05, 0) is 37.3 Å². The fourth-order valence-electron chi connectivity index (χ4n) is 2.82. The first-order valence-corrected chi connectivity index (χ1v) is 7.52. The van der Waals surface area contributed by atoms with Crippen LogP contribution in [0.25, 0.3) is 0 Å². The summed E-state index contributed by atoms with van der Waals surface area (Å²) in [6.07, 6.45) is 11.1. The number of carbonyl (C=O) groups is 1. The van der Waals surface area contributed by atoms with E-state index in [4.69, 9.17) is 0 Å². The molecule has 1 atom stereocenters. The Morgan fingerprint density at radius 3 is 3.05 bits per heavy atom. The van der Waals surface area contributed by atoms with Gasteiger partial charge in [0.15, 0.2) is 0 Å². The predicted octanol–water partition coefficient (Wildman–Crippen LogP) is 3.72. The zero-order valence-electron chi connectivity index (χ0n) is 11.8. The fourth-order valence-corrected chi connectivity index (χ4v) is 2.82. The van der Waals surface area contributed by atoms with Gasteiger partial charge in [-0.25, -0.2) is 0 Å². The van der Waals surface area contributed by atoms with Crippen LogP contribution < -0.4 is 0 Å². The van der Waals surface area contributed by atoms with Crippen LogP contribution in [0.15, 0.2) is 24.5 Å². The molecule has 0 spiro atoms. The highest BCUT2D eigenvalue weighted by molar-refractivity contribution is 5.76. The monoisotopic (exact) mass is 260 g/mol. The van der Waals surface area contributed by atoms with Gasteiger partial charge >= 0.3 is 0 Å². The van der Waals surface area contributed by atoms with Crippen LogP contribution >= 0.6 is 0 Å². The summed E-state index contributed by atoms with van der Waals surface area (Å²) in [4.78, 5) is 18.6. The summed E-state index contributed by atoms with van der Waals surface area (Å²) in [6, 6.07) is 4.30. The van der Waals surface area contributed by atoms with E-state index in [-0.39, 0.29) is 6.04 Å². The molecule has 1 aliphatic heterocycles. The molecule has 1 fully saturated rings. The third-order valence-electron chi connectivity index (χ3n) is 3.89. The normalized spacial score (nSPS) is 19.4. The van der Waals surface area contributed by atoms with Gasteiger partial charge in [-0.2, -0.15) is 0 Å². The number of unbranched alkanes of at least 4 members (excludes halogenated alkanes) is 2. The van der Waals surface area contributed by atoms with Crippen LogP contribution in [-0.2, 0) is 4.79 Å². The van der Waals surface area contributed by atoms with E-state index < -0.39 is 0 Å². The molecule has 3 heteroatoms. The van der Waals surface area contributed by atoms with Gasteiger partial charge in [0, 0.05) is 25.4 Å². The molecule has 0 aliphatic carbocycles. The van der Waals surface area contributed by atoms with Crippen molar-refractivity contribution in [3.05, 3.63) is 30.1 Å². The standard InChI is InChI=1S/C16H24N2O/c1-2-3-4-10-16(19)18-12-6-5-9-15(18)14-8-7-11-17-13-14/h7-8,11,13,15H,2-6,9-10,12H2,1H3/t15-/m0/s1. The van der Waals surface area contributed by atoms with Crippen LogP contribution in [0.2, 0.25) is 0 Å². The van der Waals surface area contributed by atoms with E-state index in [1.807, 2.05) is 12.3 Å². The van der Waals surface area contributed by atoms with Gasteiger partial charge in [-0.1, -0.05) is 25.8 Å². The van der Waals surface area contributed by atoms with Crippen molar-refractivity contribution in [2.45, 2.75) is 57.9 Å². The Kier molecular flexibility index (Phi) is 5.37. The lowest BCUT2D eigenvalue weighted by atomic mass is 9.96. The molecule has 0 aromatic carbocycles. The maximum atomic E-state index is 12.4. The smallest absolute Gasteiger partial charge is 0.223 e. The van der Waals surface area contributed by atoms with E-state index in [0.29, 0.717) is 12.3 Å². The fraction of sp³-hybridized carbons (Fsp3) is 0.625. The predicted molar refractivity (Wildman–Crippen MR) is 76.7 cm³/mol. The van der Waals surface area contributed by atoms with Crippen molar-refractivity contribution in [3.63, 3.8) is 0 Å². The van der Waals surface area contributed by atoms with Gasteiger partial charge in [-0.15, -0.1) is 0 Å². The molecule has 0 unspecified atom stereocenters. The highest BCUT2D eigenvalue weighted by atomic mass is 16.2. The third kappa shape index (κ3) is 3.79. The molecule has 1 aromatic heterocycles. The minimum atomic E-state index is 0.247. The molecule has 0 radical (unpaired) electrons. The Labute approximate surface area is 116 Å². The molecule has 104 valence electrons. The Morgan fingerprint density at radius 2 is 2.32 bits per heavy atom. The molecule has 1 amide bonds. The summed E-state index contributed by atoms with van der Waals surface area (Å²) in [5.41, 5.74) is 1.19. The Bertz CT molecular complexity index is 391. The highest BCUT2D eigenvalue weighted by Crippen LogP contribution is 2.31. The topological polar surface area (TPSA) is 33.2 Å². The van der Waals surface area contributed by atoms with Crippen molar-refractivity contribution in [2.24, 2.45) is 0 Å².